The van der Waals surface area contributed by atoms with Gasteiger partial charge in [0.2, 0.25) is 0 Å². The zero-order valence-corrected chi connectivity index (χ0v) is 11.2. The summed E-state index contributed by atoms with van der Waals surface area (Å²) in [6.07, 6.45) is 1.84. The number of nitrogens with zero attached hydrogens (tertiary/aromatic N) is 2. The van der Waals surface area contributed by atoms with Crippen LogP contribution < -0.4 is 10.2 Å². The minimum atomic E-state index is -0.209. The van der Waals surface area contributed by atoms with Crippen molar-refractivity contribution < 1.29 is 4.39 Å². The first-order valence-electron chi connectivity index (χ1n) is 6.36. The van der Waals surface area contributed by atoms with E-state index < -0.39 is 0 Å². The summed E-state index contributed by atoms with van der Waals surface area (Å²) in [5.74, 6) is 0.636. The molecule has 0 aliphatic rings. The van der Waals surface area contributed by atoms with E-state index >= 15 is 0 Å². The highest BCUT2D eigenvalue weighted by Gasteiger charge is 2.06. The van der Waals surface area contributed by atoms with Gasteiger partial charge in [-0.1, -0.05) is 12.1 Å². The maximum atomic E-state index is 13.3. The molecular weight excluding hydrogens is 241 g/mol. The Morgan fingerprint density at radius 1 is 1.26 bits per heavy atom. The van der Waals surface area contributed by atoms with Crippen molar-refractivity contribution >= 4 is 11.5 Å². The molecule has 0 saturated heterocycles. The van der Waals surface area contributed by atoms with E-state index in [9.17, 15) is 4.39 Å². The number of rotatable bonds is 5. The Morgan fingerprint density at radius 3 is 2.68 bits per heavy atom. The first-order valence-corrected chi connectivity index (χ1v) is 6.36. The van der Waals surface area contributed by atoms with Crippen LogP contribution >= 0.6 is 0 Å². The van der Waals surface area contributed by atoms with Gasteiger partial charge in [-0.15, -0.1) is 0 Å². The average Bonchev–Trinajstić information content (AvgIpc) is 2.45. The smallest absolute Gasteiger partial charge is 0.125 e. The van der Waals surface area contributed by atoms with Gasteiger partial charge in [0.05, 0.1) is 0 Å². The van der Waals surface area contributed by atoms with Gasteiger partial charge in [-0.3, -0.25) is 0 Å². The largest absolute Gasteiger partial charge is 0.373 e. The van der Waals surface area contributed by atoms with Gasteiger partial charge >= 0.3 is 0 Å². The van der Waals surface area contributed by atoms with Gasteiger partial charge in [-0.05, 0) is 36.8 Å². The van der Waals surface area contributed by atoms with Gasteiger partial charge in [0.15, 0.2) is 0 Å². The van der Waals surface area contributed by atoms with Crippen LogP contribution in [0.5, 0.6) is 0 Å². The molecule has 3 nitrogen and oxygen atoms in total. The van der Waals surface area contributed by atoms with E-state index in [1.807, 2.05) is 31.4 Å². The predicted molar refractivity (Wildman–Crippen MR) is 76.9 cm³/mol. The summed E-state index contributed by atoms with van der Waals surface area (Å²) in [7, 11) is 1.84. The quantitative estimate of drug-likeness (QED) is 0.893. The third-order valence-electron chi connectivity index (χ3n) is 3.01. The molecule has 1 heterocycles. The first-order chi connectivity index (χ1) is 9.22. The van der Waals surface area contributed by atoms with E-state index in [0.717, 1.165) is 30.2 Å². The Labute approximate surface area is 113 Å². The van der Waals surface area contributed by atoms with Crippen molar-refractivity contribution in [3.05, 3.63) is 54.0 Å². The molecule has 0 fully saturated rings. The van der Waals surface area contributed by atoms with Crippen LogP contribution in [0.2, 0.25) is 0 Å². The lowest BCUT2D eigenvalue weighted by Crippen LogP contribution is -2.22. The van der Waals surface area contributed by atoms with Crippen molar-refractivity contribution in [2.24, 2.45) is 0 Å². The summed E-state index contributed by atoms with van der Waals surface area (Å²) in [4.78, 5) is 6.39. The number of aromatic nitrogens is 1. The molecule has 0 aliphatic carbocycles. The van der Waals surface area contributed by atoms with Gasteiger partial charge in [-0.2, -0.15) is 0 Å². The Morgan fingerprint density at radius 2 is 2.11 bits per heavy atom. The molecule has 1 N–H and O–H groups in total. The number of hydrogen-bond donors (Lipinski definition) is 1. The summed E-state index contributed by atoms with van der Waals surface area (Å²) in [6.45, 7) is 3.59. The molecule has 1 aromatic carbocycles. The Bertz CT molecular complexity index is 525. The fraction of sp³-hybridized carbons (Fsp3) is 0.267. The topological polar surface area (TPSA) is 28.2 Å². The van der Waals surface area contributed by atoms with Gasteiger partial charge in [0.25, 0.3) is 0 Å². The van der Waals surface area contributed by atoms with E-state index in [1.54, 1.807) is 12.1 Å². The van der Waals surface area contributed by atoms with Crippen molar-refractivity contribution in [3.63, 3.8) is 0 Å². The summed E-state index contributed by atoms with van der Waals surface area (Å²) in [6, 6.07) is 10.6. The van der Waals surface area contributed by atoms with E-state index in [4.69, 9.17) is 0 Å². The van der Waals surface area contributed by atoms with E-state index in [2.05, 4.69) is 22.1 Å². The van der Waals surface area contributed by atoms with Crippen LogP contribution in [-0.2, 0) is 6.54 Å². The summed E-state index contributed by atoms with van der Waals surface area (Å²) < 4.78 is 13.3. The van der Waals surface area contributed by atoms with Crippen molar-refractivity contribution in [1.82, 2.24) is 4.98 Å². The normalized spacial score (nSPS) is 10.3. The third-order valence-corrected chi connectivity index (χ3v) is 3.01. The maximum absolute atomic E-state index is 13.3. The van der Waals surface area contributed by atoms with Gasteiger partial charge in [0, 0.05) is 32.0 Å². The number of benzene rings is 1. The molecular formula is C15H18FN3. The highest BCUT2D eigenvalue weighted by molar-refractivity contribution is 5.47. The molecule has 2 rings (SSSR count). The standard InChI is InChI=1S/C15H18FN3/c1-3-19(14-6-4-5-13(16)9-14)11-12-7-8-15(17-2)18-10-12/h4-10H,3,11H2,1-2H3,(H,17,18). The lowest BCUT2D eigenvalue weighted by Gasteiger charge is -2.23. The molecule has 0 spiro atoms. The Balaban J connectivity index is 2.14. The second kappa shape index (κ2) is 6.18. The molecule has 0 amide bonds. The SMILES string of the molecule is CCN(Cc1ccc(NC)nc1)c1cccc(F)c1. The lowest BCUT2D eigenvalue weighted by molar-refractivity contribution is 0.626. The van der Waals surface area contributed by atoms with Crippen molar-refractivity contribution in [2.75, 3.05) is 23.8 Å². The van der Waals surface area contributed by atoms with Crippen LogP contribution in [0.3, 0.4) is 0 Å². The third kappa shape index (κ3) is 3.44. The van der Waals surface area contributed by atoms with Crippen molar-refractivity contribution in [1.29, 1.82) is 0 Å². The molecule has 0 aliphatic heterocycles. The Hall–Kier alpha value is -2.10. The second-order valence-corrected chi connectivity index (χ2v) is 4.30. The number of halogens is 1. The fourth-order valence-corrected chi connectivity index (χ4v) is 1.94. The first kappa shape index (κ1) is 13.3. The molecule has 0 saturated carbocycles. The molecule has 0 radical (unpaired) electrons. The van der Waals surface area contributed by atoms with Crippen LogP contribution in [0.25, 0.3) is 0 Å². The minimum absolute atomic E-state index is 0.209. The second-order valence-electron chi connectivity index (χ2n) is 4.30. The molecule has 0 bridgehead atoms. The van der Waals surface area contributed by atoms with E-state index in [-0.39, 0.29) is 5.82 Å². The Kier molecular flexibility index (Phi) is 4.34. The summed E-state index contributed by atoms with van der Waals surface area (Å²) >= 11 is 0. The fourth-order valence-electron chi connectivity index (χ4n) is 1.94. The molecule has 0 unspecified atom stereocenters. The molecule has 1 aromatic heterocycles. The maximum Gasteiger partial charge on any atom is 0.125 e. The van der Waals surface area contributed by atoms with E-state index in [1.165, 1.54) is 6.07 Å². The number of anilines is 2. The summed E-state index contributed by atoms with van der Waals surface area (Å²) in [5.41, 5.74) is 1.99. The van der Waals surface area contributed by atoms with Crippen molar-refractivity contribution in [3.8, 4) is 0 Å². The zero-order valence-electron chi connectivity index (χ0n) is 11.2. The molecule has 19 heavy (non-hydrogen) atoms. The highest BCUT2D eigenvalue weighted by Crippen LogP contribution is 2.18. The minimum Gasteiger partial charge on any atom is -0.373 e. The van der Waals surface area contributed by atoms with Crippen LogP contribution in [0.1, 0.15) is 12.5 Å². The van der Waals surface area contributed by atoms with Gasteiger partial charge in [-0.25, -0.2) is 9.37 Å². The van der Waals surface area contributed by atoms with Crippen LogP contribution in [0.15, 0.2) is 42.6 Å². The molecule has 2 aromatic rings. The molecule has 0 atom stereocenters. The monoisotopic (exact) mass is 259 g/mol. The average molecular weight is 259 g/mol. The highest BCUT2D eigenvalue weighted by atomic mass is 19.1. The molecule has 4 heteroatoms. The molecule has 100 valence electrons. The predicted octanol–water partition coefficient (Wildman–Crippen LogP) is 3.29. The summed E-state index contributed by atoms with van der Waals surface area (Å²) in [5, 5.41) is 2.99. The van der Waals surface area contributed by atoms with Gasteiger partial charge < -0.3 is 10.2 Å². The lowest BCUT2D eigenvalue weighted by atomic mass is 10.2. The number of hydrogen-bond acceptors (Lipinski definition) is 3. The van der Waals surface area contributed by atoms with Crippen LogP contribution in [0.4, 0.5) is 15.9 Å². The van der Waals surface area contributed by atoms with Crippen molar-refractivity contribution in [2.45, 2.75) is 13.5 Å². The van der Waals surface area contributed by atoms with Crippen LogP contribution in [-0.4, -0.2) is 18.6 Å². The van der Waals surface area contributed by atoms with E-state index in [0.29, 0.717) is 0 Å². The van der Waals surface area contributed by atoms with Gasteiger partial charge in [0.1, 0.15) is 11.6 Å². The number of pyridine rings is 1. The zero-order chi connectivity index (χ0) is 13.7. The van der Waals surface area contributed by atoms with Crippen LogP contribution in [0, 0.1) is 5.82 Å². The number of nitrogens with one attached hydrogen (secondary N) is 1.